The van der Waals surface area contributed by atoms with E-state index >= 15 is 0 Å². The highest BCUT2D eigenvalue weighted by Crippen LogP contribution is 2.21. The van der Waals surface area contributed by atoms with Crippen molar-refractivity contribution in [3.8, 4) is 0 Å². The first-order chi connectivity index (χ1) is 11.8. The van der Waals surface area contributed by atoms with Crippen molar-refractivity contribution >= 4 is 45.9 Å². The number of carboxylic acids is 1. The van der Waals surface area contributed by atoms with Gasteiger partial charge < -0.3 is 32.8 Å². The van der Waals surface area contributed by atoms with Crippen LogP contribution in [0.1, 0.15) is 12.5 Å². The number of hydrogen-bond acceptors (Lipinski definition) is 6. The average molecular weight is 396 g/mol. The van der Waals surface area contributed by atoms with Gasteiger partial charge in [0.25, 0.3) is 5.97 Å². The molecule has 1 heterocycles. The molecular weight excluding hydrogens is 374 g/mol. The third-order valence-electron chi connectivity index (χ3n) is 3.15. The zero-order chi connectivity index (χ0) is 18.4. The summed E-state index contributed by atoms with van der Waals surface area (Å²) in [5.41, 5.74) is 14.3. The van der Waals surface area contributed by atoms with Gasteiger partial charge in [-0.1, -0.05) is 17.7 Å². The molecule has 0 spiro atoms. The Labute approximate surface area is 160 Å². The van der Waals surface area contributed by atoms with E-state index in [-0.39, 0.29) is 16.9 Å². The number of aromatic nitrogens is 2. The second-order valence-corrected chi connectivity index (χ2v) is 5.63. The van der Waals surface area contributed by atoms with Crippen molar-refractivity contribution < 1.29 is 20.9 Å². The number of halogens is 1. The molecule has 0 aliphatic carbocycles. The summed E-state index contributed by atoms with van der Waals surface area (Å²) in [6.07, 6.45) is 0. The minimum Gasteiger partial charge on any atom is -0.481 e. The van der Waals surface area contributed by atoms with Gasteiger partial charge in [-0.2, -0.15) is 4.98 Å². The Morgan fingerprint density at radius 3 is 2.30 bits per heavy atom. The molecule has 3 rings (SSSR count). The number of anilines is 3. The summed E-state index contributed by atoms with van der Waals surface area (Å²) in [7, 11) is 0. The number of carboxylic acid groups (broad SMARTS) is 1. The van der Waals surface area contributed by atoms with Gasteiger partial charge in [-0.25, -0.2) is 4.98 Å². The number of nitrogens with one attached hydrogen (secondary N) is 1. The van der Waals surface area contributed by atoms with E-state index in [9.17, 15) is 0 Å². The van der Waals surface area contributed by atoms with Crippen molar-refractivity contribution in [1.29, 1.82) is 0 Å². The molecular formula is C17H22ClN5O4. The SMILES string of the molecule is CC(=O)O.Nc1nc(N)c2cc(CNc3ccc(Cl)cc3)ccc2n1.O.O. The quantitative estimate of drug-likeness (QED) is 0.516. The van der Waals surface area contributed by atoms with Crippen molar-refractivity contribution in [2.45, 2.75) is 13.5 Å². The van der Waals surface area contributed by atoms with Crippen molar-refractivity contribution in [3.63, 3.8) is 0 Å². The van der Waals surface area contributed by atoms with Gasteiger partial charge in [0, 0.05) is 29.6 Å². The van der Waals surface area contributed by atoms with Crippen LogP contribution in [0.15, 0.2) is 42.5 Å². The van der Waals surface area contributed by atoms with E-state index in [4.69, 9.17) is 33.0 Å². The third-order valence-corrected chi connectivity index (χ3v) is 3.40. The summed E-state index contributed by atoms with van der Waals surface area (Å²) < 4.78 is 0. The van der Waals surface area contributed by atoms with E-state index in [1.807, 2.05) is 42.5 Å². The molecule has 2 aromatic carbocycles. The molecule has 0 saturated heterocycles. The molecule has 10 heteroatoms. The van der Waals surface area contributed by atoms with Crippen LogP contribution in [0.5, 0.6) is 0 Å². The second-order valence-electron chi connectivity index (χ2n) is 5.20. The fourth-order valence-electron chi connectivity index (χ4n) is 2.10. The molecule has 0 aliphatic rings. The molecule has 0 radical (unpaired) electrons. The molecule has 10 N–H and O–H groups in total. The van der Waals surface area contributed by atoms with Crippen LogP contribution in [0.3, 0.4) is 0 Å². The number of aliphatic carboxylic acids is 1. The number of fused-ring (bicyclic) bond motifs is 1. The van der Waals surface area contributed by atoms with Crippen LogP contribution < -0.4 is 16.8 Å². The Hall–Kier alpha value is -3.14. The van der Waals surface area contributed by atoms with Crippen LogP contribution in [-0.4, -0.2) is 32.0 Å². The van der Waals surface area contributed by atoms with E-state index < -0.39 is 5.97 Å². The first kappa shape index (κ1) is 23.9. The summed E-state index contributed by atoms with van der Waals surface area (Å²) in [6.45, 7) is 1.75. The Balaban J connectivity index is 0.00000103. The monoisotopic (exact) mass is 395 g/mol. The number of benzene rings is 2. The molecule has 146 valence electrons. The number of nitrogens with zero attached hydrogens (tertiary/aromatic N) is 2. The highest BCUT2D eigenvalue weighted by atomic mass is 35.5. The fraction of sp³-hybridized carbons (Fsp3) is 0.118. The van der Waals surface area contributed by atoms with Crippen LogP contribution in [0.2, 0.25) is 5.02 Å². The number of carbonyl (C=O) groups is 1. The minimum atomic E-state index is -0.833. The Morgan fingerprint density at radius 2 is 1.70 bits per heavy atom. The highest BCUT2D eigenvalue weighted by Gasteiger charge is 2.04. The maximum Gasteiger partial charge on any atom is 0.300 e. The average Bonchev–Trinajstić information content (AvgIpc) is 2.54. The van der Waals surface area contributed by atoms with Gasteiger partial charge in [-0.3, -0.25) is 4.79 Å². The molecule has 9 nitrogen and oxygen atoms in total. The maximum atomic E-state index is 9.00. The topological polar surface area (TPSA) is 190 Å². The lowest BCUT2D eigenvalue weighted by Crippen LogP contribution is -2.02. The predicted molar refractivity (Wildman–Crippen MR) is 108 cm³/mol. The zero-order valence-electron chi connectivity index (χ0n) is 14.5. The minimum absolute atomic E-state index is 0. The first-order valence-electron chi connectivity index (χ1n) is 7.35. The number of hydrogen-bond donors (Lipinski definition) is 4. The zero-order valence-corrected chi connectivity index (χ0v) is 15.3. The third kappa shape index (κ3) is 7.32. The van der Waals surface area contributed by atoms with Gasteiger partial charge in [-0.05, 0) is 42.0 Å². The largest absolute Gasteiger partial charge is 0.481 e. The Bertz CT molecular complexity index is 886. The number of nitrogen functional groups attached to an aromatic ring is 2. The van der Waals surface area contributed by atoms with E-state index in [0.29, 0.717) is 17.4 Å². The normalized spacial score (nSPS) is 9.26. The molecule has 0 saturated carbocycles. The Kier molecular flexibility index (Phi) is 9.51. The summed E-state index contributed by atoms with van der Waals surface area (Å²) in [4.78, 5) is 17.1. The van der Waals surface area contributed by atoms with Gasteiger partial charge >= 0.3 is 0 Å². The maximum absolute atomic E-state index is 9.00. The van der Waals surface area contributed by atoms with Crippen molar-refractivity contribution in [2.24, 2.45) is 0 Å². The van der Waals surface area contributed by atoms with Crippen molar-refractivity contribution in [3.05, 3.63) is 53.1 Å². The van der Waals surface area contributed by atoms with Crippen LogP contribution in [-0.2, 0) is 11.3 Å². The standard InChI is InChI=1S/C15H14ClN5.C2H4O2.2H2O/c16-10-2-4-11(5-3-10)19-8-9-1-6-13-12(7-9)14(17)21-15(18)20-13;1-2(3)4;;/h1-7,19H,8H2,(H4,17,18,20,21);1H3,(H,3,4);2*1H2. The van der Waals surface area contributed by atoms with Gasteiger partial charge in [0.15, 0.2) is 0 Å². The summed E-state index contributed by atoms with van der Waals surface area (Å²) in [5, 5.41) is 12.3. The fourth-order valence-corrected chi connectivity index (χ4v) is 2.23. The highest BCUT2D eigenvalue weighted by molar-refractivity contribution is 6.30. The lowest BCUT2D eigenvalue weighted by atomic mass is 10.1. The van der Waals surface area contributed by atoms with Gasteiger partial charge in [0.1, 0.15) is 5.82 Å². The molecule has 0 amide bonds. The van der Waals surface area contributed by atoms with E-state index in [1.54, 1.807) is 0 Å². The Morgan fingerprint density at radius 1 is 1.11 bits per heavy atom. The molecule has 0 unspecified atom stereocenters. The molecule has 0 aliphatic heterocycles. The van der Waals surface area contributed by atoms with Crippen molar-refractivity contribution in [1.82, 2.24) is 9.97 Å². The molecule has 0 fully saturated rings. The summed E-state index contributed by atoms with van der Waals surface area (Å²) in [5.74, 6) is -0.252. The molecule has 3 aromatic rings. The molecule has 0 atom stereocenters. The van der Waals surface area contributed by atoms with Crippen molar-refractivity contribution in [2.75, 3.05) is 16.8 Å². The van der Waals surface area contributed by atoms with Gasteiger partial charge in [0.05, 0.1) is 5.52 Å². The molecule has 27 heavy (non-hydrogen) atoms. The first-order valence-corrected chi connectivity index (χ1v) is 7.73. The van der Waals surface area contributed by atoms with Crippen LogP contribution >= 0.6 is 11.6 Å². The van der Waals surface area contributed by atoms with Crippen LogP contribution in [0, 0.1) is 0 Å². The van der Waals surface area contributed by atoms with Gasteiger partial charge in [-0.15, -0.1) is 0 Å². The van der Waals surface area contributed by atoms with Gasteiger partial charge in [0.2, 0.25) is 5.95 Å². The smallest absolute Gasteiger partial charge is 0.300 e. The molecule has 0 bridgehead atoms. The summed E-state index contributed by atoms with van der Waals surface area (Å²) in [6, 6.07) is 13.4. The molecule has 1 aromatic heterocycles. The second kappa shape index (κ2) is 10.8. The van der Waals surface area contributed by atoms with Crippen LogP contribution in [0.4, 0.5) is 17.5 Å². The lowest BCUT2D eigenvalue weighted by Gasteiger charge is -2.08. The lowest BCUT2D eigenvalue weighted by molar-refractivity contribution is -0.134. The van der Waals surface area contributed by atoms with E-state index in [1.165, 1.54) is 0 Å². The summed E-state index contributed by atoms with van der Waals surface area (Å²) >= 11 is 5.86. The number of nitrogens with two attached hydrogens (primary N) is 2. The van der Waals surface area contributed by atoms with Crippen LogP contribution in [0.25, 0.3) is 10.9 Å². The van der Waals surface area contributed by atoms with E-state index in [2.05, 4.69) is 15.3 Å². The van der Waals surface area contributed by atoms with E-state index in [0.717, 1.165) is 29.1 Å². The predicted octanol–water partition coefficient (Wildman–Crippen LogP) is 1.50. The number of rotatable bonds is 3.